The molecule has 1 N–H and O–H groups in total. The highest BCUT2D eigenvalue weighted by atomic mass is 16.3. The summed E-state index contributed by atoms with van der Waals surface area (Å²) in [5, 5.41) is 12.0. The van der Waals surface area contributed by atoms with Crippen LogP contribution in [0.1, 0.15) is 44.3 Å². The van der Waals surface area contributed by atoms with E-state index in [1.807, 2.05) is 6.07 Å². The quantitative estimate of drug-likeness (QED) is 0.515. The van der Waals surface area contributed by atoms with E-state index in [-0.39, 0.29) is 17.5 Å². The van der Waals surface area contributed by atoms with E-state index in [0.29, 0.717) is 5.76 Å². The average molecular weight is 258 g/mol. The summed E-state index contributed by atoms with van der Waals surface area (Å²) in [6, 6.07) is 5.58. The molecule has 4 nitrogen and oxygen atoms in total. The van der Waals surface area contributed by atoms with E-state index in [1.54, 1.807) is 12.1 Å². The fourth-order valence-corrected chi connectivity index (χ4v) is 2.35. The smallest absolute Gasteiger partial charge is 0.262 e. The normalized spacial score (nSPS) is 17.5. The summed E-state index contributed by atoms with van der Waals surface area (Å²) in [6.45, 7) is 0. The van der Waals surface area contributed by atoms with Crippen molar-refractivity contribution in [2.24, 2.45) is 0 Å². The average Bonchev–Trinajstić information content (AvgIpc) is 2.79. The van der Waals surface area contributed by atoms with Crippen LogP contribution in [0, 0.1) is 11.3 Å². The Labute approximate surface area is 113 Å². The first-order valence-corrected chi connectivity index (χ1v) is 6.76. The van der Waals surface area contributed by atoms with Crippen LogP contribution in [0.5, 0.6) is 0 Å². The van der Waals surface area contributed by atoms with Crippen LogP contribution >= 0.6 is 0 Å². The van der Waals surface area contributed by atoms with Crippen molar-refractivity contribution in [3.8, 4) is 6.07 Å². The Hall–Kier alpha value is -2.02. The third kappa shape index (κ3) is 3.99. The summed E-state index contributed by atoms with van der Waals surface area (Å²) in [7, 11) is 0. The van der Waals surface area contributed by atoms with Gasteiger partial charge in [0, 0.05) is 12.1 Å². The molecular formula is C15H18N2O2. The minimum absolute atomic E-state index is 0.0965. The molecule has 0 spiro atoms. The molecule has 0 aromatic carbocycles. The van der Waals surface area contributed by atoms with Gasteiger partial charge in [-0.15, -0.1) is 0 Å². The summed E-state index contributed by atoms with van der Waals surface area (Å²) in [4.78, 5) is 12.0. The molecule has 19 heavy (non-hydrogen) atoms. The van der Waals surface area contributed by atoms with Crippen molar-refractivity contribution in [1.82, 2.24) is 5.32 Å². The van der Waals surface area contributed by atoms with Crippen LogP contribution < -0.4 is 5.32 Å². The van der Waals surface area contributed by atoms with Gasteiger partial charge in [0.1, 0.15) is 17.4 Å². The van der Waals surface area contributed by atoms with Crippen molar-refractivity contribution in [2.75, 3.05) is 0 Å². The second kappa shape index (κ2) is 6.79. The van der Waals surface area contributed by atoms with Gasteiger partial charge in [-0.3, -0.25) is 4.79 Å². The Morgan fingerprint density at radius 2 is 2.11 bits per heavy atom. The SMILES string of the molecule is N#C/C(=C\c1ccco1)C(=O)NC1CCCCCC1. The molecule has 1 aromatic heterocycles. The second-order valence-corrected chi connectivity index (χ2v) is 4.85. The van der Waals surface area contributed by atoms with E-state index < -0.39 is 0 Å². The summed E-state index contributed by atoms with van der Waals surface area (Å²) < 4.78 is 5.12. The Morgan fingerprint density at radius 1 is 1.37 bits per heavy atom. The molecule has 0 unspecified atom stereocenters. The second-order valence-electron chi connectivity index (χ2n) is 4.85. The monoisotopic (exact) mass is 258 g/mol. The van der Waals surface area contributed by atoms with E-state index in [1.165, 1.54) is 25.2 Å². The molecule has 2 rings (SSSR count). The van der Waals surface area contributed by atoms with Gasteiger partial charge in [0.2, 0.25) is 0 Å². The fourth-order valence-electron chi connectivity index (χ4n) is 2.35. The van der Waals surface area contributed by atoms with E-state index in [9.17, 15) is 4.79 Å². The molecule has 1 aliphatic carbocycles. The van der Waals surface area contributed by atoms with Crippen molar-refractivity contribution >= 4 is 12.0 Å². The maximum Gasteiger partial charge on any atom is 0.262 e. The maximum absolute atomic E-state index is 12.0. The topological polar surface area (TPSA) is 66.0 Å². The summed E-state index contributed by atoms with van der Waals surface area (Å²) >= 11 is 0. The number of carbonyl (C=O) groups is 1. The molecule has 1 saturated carbocycles. The van der Waals surface area contributed by atoms with E-state index in [4.69, 9.17) is 9.68 Å². The highest BCUT2D eigenvalue weighted by Crippen LogP contribution is 2.17. The molecule has 0 aliphatic heterocycles. The van der Waals surface area contributed by atoms with Crippen LogP contribution in [-0.4, -0.2) is 11.9 Å². The lowest BCUT2D eigenvalue weighted by Gasteiger charge is -2.15. The predicted octanol–water partition coefficient (Wildman–Crippen LogP) is 3.03. The Balaban J connectivity index is 1.99. The molecule has 0 saturated heterocycles. The van der Waals surface area contributed by atoms with Gasteiger partial charge in [-0.25, -0.2) is 0 Å². The summed E-state index contributed by atoms with van der Waals surface area (Å²) in [5.41, 5.74) is 0.0965. The predicted molar refractivity (Wildman–Crippen MR) is 71.9 cm³/mol. The minimum atomic E-state index is -0.300. The molecule has 1 amide bonds. The van der Waals surface area contributed by atoms with Crippen LogP contribution in [0.25, 0.3) is 6.08 Å². The molecule has 1 heterocycles. The highest BCUT2D eigenvalue weighted by Gasteiger charge is 2.17. The van der Waals surface area contributed by atoms with Crippen molar-refractivity contribution in [3.63, 3.8) is 0 Å². The van der Waals surface area contributed by atoms with Crippen LogP contribution in [-0.2, 0) is 4.79 Å². The first-order valence-electron chi connectivity index (χ1n) is 6.76. The number of amides is 1. The molecule has 100 valence electrons. The minimum Gasteiger partial charge on any atom is -0.465 e. The molecule has 1 aromatic rings. The summed E-state index contributed by atoms with van der Waals surface area (Å²) in [6.07, 6.45) is 9.77. The number of nitrogens with zero attached hydrogens (tertiary/aromatic N) is 1. The number of nitriles is 1. The lowest BCUT2D eigenvalue weighted by Crippen LogP contribution is -2.35. The van der Waals surface area contributed by atoms with E-state index in [2.05, 4.69) is 5.32 Å². The first kappa shape index (κ1) is 13.4. The molecule has 4 heteroatoms. The van der Waals surface area contributed by atoms with Gasteiger partial charge in [-0.2, -0.15) is 5.26 Å². The zero-order chi connectivity index (χ0) is 13.5. The van der Waals surface area contributed by atoms with Gasteiger partial charge in [-0.1, -0.05) is 25.7 Å². The molecular weight excluding hydrogens is 240 g/mol. The largest absolute Gasteiger partial charge is 0.465 e. The van der Waals surface area contributed by atoms with Crippen molar-refractivity contribution < 1.29 is 9.21 Å². The standard InChI is InChI=1S/C15H18N2O2/c16-11-12(10-14-8-5-9-19-14)15(18)17-13-6-3-1-2-4-7-13/h5,8-10,13H,1-4,6-7H2,(H,17,18)/b12-10+. The van der Waals surface area contributed by atoms with Gasteiger partial charge >= 0.3 is 0 Å². The molecule has 1 fully saturated rings. The van der Waals surface area contributed by atoms with Gasteiger partial charge in [-0.05, 0) is 25.0 Å². The van der Waals surface area contributed by atoms with Crippen LogP contribution in [0.15, 0.2) is 28.4 Å². The third-order valence-corrected chi connectivity index (χ3v) is 3.39. The van der Waals surface area contributed by atoms with E-state index in [0.717, 1.165) is 25.7 Å². The van der Waals surface area contributed by atoms with Crippen molar-refractivity contribution in [3.05, 3.63) is 29.7 Å². The van der Waals surface area contributed by atoms with Crippen LogP contribution in [0.2, 0.25) is 0 Å². The third-order valence-electron chi connectivity index (χ3n) is 3.39. The van der Waals surface area contributed by atoms with Crippen LogP contribution in [0.3, 0.4) is 0 Å². The van der Waals surface area contributed by atoms with Gasteiger partial charge < -0.3 is 9.73 Å². The maximum atomic E-state index is 12.0. The zero-order valence-electron chi connectivity index (χ0n) is 10.9. The van der Waals surface area contributed by atoms with Gasteiger partial charge in [0.15, 0.2) is 0 Å². The molecule has 0 bridgehead atoms. The Kier molecular flexibility index (Phi) is 4.79. The molecule has 0 radical (unpaired) electrons. The lowest BCUT2D eigenvalue weighted by atomic mass is 10.1. The van der Waals surface area contributed by atoms with E-state index >= 15 is 0 Å². The van der Waals surface area contributed by atoms with Gasteiger partial charge in [0.25, 0.3) is 5.91 Å². The number of nitrogens with one attached hydrogen (secondary N) is 1. The van der Waals surface area contributed by atoms with Crippen molar-refractivity contribution in [2.45, 2.75) is 44.6 Å². The number of furan rings is 1. The Morgan fingerprint density at radius 3 is 2.68 bits per heavy atom. The fraction of sp³-hybridized carbons (Fsp3) is 0.467. The zero-order valence-corrected chi connectivity index (χ0v) is 10.9. The van der Waals surface area contributed by atoms with Gasteiger partial charge in [0.05, 0.1) is 6.26 Å². The first-order chi connectivity index (χ1) is 9.29. The molecule has 1 aliphatic rings. The number of rotatable bonds is 3. The number of hydrogen-bond acceptors (Lipinski definition) is 3. The number of carbonyl (C=O) groups excluding carboxylic acids is 1. The number of hydrogen-bond donors (Lipinski definition) is 1. The Bertz CT molecular complexity index is 475. The summed E-state index contributed by atoms with van der Waals surface area (Å²) in [5.74, 6) is 0.221. The molecule has 0 atom stereocenters. The highest BCUT2D eigenvalue weighted by molar-refractivity contribution is 6.01. The van der Waals surface area contributed by atoms with Crippen LogP contribution in [0.4, 0.5) is 0 Å². The van der Waals surface area contributed by atoms with Crippen molar-refractivity contribution in [1.29, 1.82) is 5.26 Å². The lowest BCUT2D eigenvalue weighted by molar-refractivity contribution is -0.117.